The number of aryl methyl sites for hydroxylation is 2. The van der Waals surface area contributed by atoms with Crippen LogP contribution in [0.15, 0.2) is 6.20 Å². The summed E-state index contributed by atoms with van der Waals surface area (Å²) < 4.78 is 7.43. The van der Waals surface area contributed by atoms with Crippen molar-refractivity contribution >= 4 is 5.95 Å². The van der Waals surface area contributed by atoms with Crippen LogP contribution in [0.2, 0.25) is 0 Å². The summed E-state index contributed by atoms with van der Waals surface area (Å²) in [6, 6.07) is 0.328. The number of ether oxygens (including phenoxy) is 1. The molecule has 5 nitrogen and oxygen atoms in total. The van der Waals surface area contributed by atoms with Gasteiger partial charge in [-0.05, 0) is 25.2 Å². The Bertz CT molecular complexity index is 418. The fourth-order valence-corrected chi connectivity index (χ4v) is 2.77. The topological polar surface area (TPSA) is 56.3 Å². The van der Waals surface area contributed by atoms with Crippen molar-refractivity contribution in [3.63, 3.8) is 0 Å². The molecule has 2 unspecified atom stereocenters. The van der Waals surface area contributed by atoms with E-state index in [4.69, 9.17) is 15.5 Å². The van der Waals surface area contributed by atoms with Gasteiger partial charge in [-0.25, -0.2) is 4.98 Å². The average molecular weight is 280 g/mol. The van der Waals surface area contributed by atoms with Gasteiger partial charge >= 0.3 is 0 Å². The molecule has 0 radical (unpaired) electrons. The lowest BCUT2D eigenvalue weighted by atomic mass is 9.95. The van der Waals surface area contributed by atoms with E-state index in [1.807, 2.05) is 0 Å². The zero-order chi connectivity index (χ0) is 14.5. The third-order valence-electron chi connectivity index (χ3n) is 4.17. The monoisotopic (exact) mass is 280 g/mol. The number of methoxy groups -OCH3 is 1. The third-order valence-corrected chi connectivity index (χ3v) is 4.17. The number of nitrogens with zero attached hydrogens (tertiary/aromatic N) is 3. The van der Waals surface area contributed by atoms with Gasteiger partial charge in [0.05, 0.1) is 5.69 Å². The van der Waals surface area contributed by atoms with Gasteiger partial charge in [0.25, 0.3) is 0 Å². The summed E-state index contributed by atoms with van der Waals surface area (Å²) in [7, 11) is 1.75. The Kier molecular flexibility index (Phi) is 5.43. The van der Waals surface area contributed by atoms with Gasteiger partial charge in [-0.3, -0.25) is 0 Å². The second kappa shape index (κ2) is 7.09. The van der Waals surface area contributed by atoms with E-state index in [9.17, 15) is 0 Å². The molecule has 2 heterocycles. The minimum absolute atomic E-state index is 0.328. The maximum atomic E-state index is 6.12. The first-order valence-corrected chi connectivity index (χ1v) is 7.71. The quantitative estimate of drug-likeness (QED) is 0.805. The molecule has 5 heteroatoms. The van der Waals surface area contributed by atoms with E-state index in [0.717, 1.165) is 51.5 Å². The smallest absolute Gasteiger partial charge is 0.205 e. The van der Waals surface area contributed by atoms with E-state index >= 15 is 0 Å². The number of piperidine rings is 1. The first-order valence-electron chi connectivity index (χ1n) is 7.71. The second-order valence-corrected chi connectivity index (χ2v) is 5.80. The number of imidazole rings is 1. The van der Waals surface area contributed by atoms with Gasteiger partial charge < -0.3 is 19.9 Å². The van der Waals surface area contributed by atoms with Crippen molar-refractivity contribution in [1.82, 2.24) is 9.55 Å². The molecule has 2 rings (SSSR count). The Morgan fingerprint density at radius 3 is 2.95 bits per heavy atom. The SMILES string of the molecule is CCc1cn(CCCOC)c(N2CCC(N)C(C)C2)n1. The number of aromatic nitrogens is 2. The van der Waals surface area contributed by atoms with E-state index < -0.39 is 0 Å². The second-order valence-electron chi connectivity index (χ2n) is 5.80. The molecule has 2 atom stereocenters. The van der Waals surface area contributed by atoms with E-state index in [1.54, 1.807) is 7.11 Å². The molecule has 0 spiro atoms. The van der Waals surface area contributed by atoms with E-state index in [0.29, 0.717) is 12.0 Å². The molecule has 1 aliphatic heterocycles. The van der Waals surface area contributed by atoms with Gasteiger partial charge in [-0.1, -0.05) is 13.8 Å². The third kappa shape index (κ3) is 3.52. The summed E-state index contributed by atoms with van der Waals surface area (Å²) in [6.45, 7) is 8.16. The molecule has 0 aliphatic carbocycles. The summed E-state index contributed by atoms with van der Waals surface area (Å²) in [6.07, 6.45) is 5.23. The summed E-state index contributed by atoms with van der Waals surface area (Å²) >= 11 is 0. The Hall–Kier alpha value is -1.07. The lowest BCUT2D eigenvalue weighted by Crippen LogP contribution is -2.46. The summed E-state index contributed by atoms with van der Waals surface area (Å²) in [4.78, 5) is 7.19. The van der Waals surface area contributed by atoms with Crippen molar-refractivity contribution in [1.29, 1.82) is 0 Å². The van der Waals surface area contributed by atoms with Crippen molar-refractivity contribution in [3.8, 4) is 0 Å². The maximum absolute atomic E-state index is 6.12. The molecular weight excluding hydrogens is 252 g/mol. The molecule has 0 bridgehead atoms. The molecule has 20 heavy (non-hydrogen) atoms. The van der Waals surface area contributed by atoms with Crippen LogP contribution in [0.25, 0.3) is 0 Å². The normalized spacial score (nSPS) is 23.3. The molecule has 1 aromatic heterocycles. The minimum atomic E-state index is 0.328. The Labute approximate surface area is 122 Å². The number of anilines is 1. The van der Waals surface area contributed by atoms with Crippen LogP contribution in [0.5, 0.6) is 0 Å². The molecule has 1 saturated heterocycles. The van der Waals surface area contributed by atoms with Crippen LogP contribution in [0.4, 0.5) is 5.95 Å². The summed E-state index contributed by atoms with van der Waals surface area (Å²) in [5.41, 5.74) is 7.28. The highest BCUT2D eigenvalue weighted by Crippen LogP contribution is 2.22. The zero-order valence-corrected chi connectivity index (χ0v) is 13.0. The summed E-state index contributed by atoms with van der Waals surface area (Å²) in [5, 5.41) is 0. The van der Waals surface area contributed by atoms with Gasteiger partial charge in [0.1, 0.15) is 0 Å². The van der Waals surface area contributed by atoms with Gasteiger partial charge in [-0.15, -0.1) is 0 Å². The van der Waals surface area contributed by atoms with E-state index in [1.165, 1.54) is 5.69 Å². The maximum Gasteiger partial charge on any atom is 0.205 e. The predicted octanol–water partition coefficient (Wildman–Crippen LogP) is 1.66. The number of hydrogen-bond acceptors (Lipinski definition) is 4. The predicted molar refractivity (Wildman–Crippen MR) is 82.1 cm³/mol. The van der Waals surface area contributed by atoms with E-state index in [-0.39, 0.29) is 0 Å². The zero-order valence-electron chi connectivity index (χ0n) is 13.0. The number of hydrogen-bond donors (Lipinski definition) is 1. The molecule has 1 fully saturated rings. The molecule has 0 aromatic carbocycles. The van der Waals surface area contributed by atoms with Crippen molar-refractivity contribution in [2.45, 2.75) is 45.7 Å². The highest BCUT2D eigenvalue weighted by Gasteiger charge is 2.26. The van der Waals surface area contributed by atoms with Gasteiger partial charge in [0.15, 0.2) is 0 Å². The minimum Gasteiger partial charge on any atom is -0.385 e. The fourth-order valence-electron chi connectivity index (χ4n) is 2.77. The number of nitrogens with two attached hydrogens (primary N) is 1. The largest absolute Gasteiger partial charge is 0.385 e. The molecule has 114 valence electrons. The van der Waals surface area contributed by atoms with E-state index in [2.05, 4.69) is 29.5 Å². The van der Waals surface area contributed by atoms with Crippen LogP contribution in [0.3, 0.4) is 0 Å². The Balaban J connectivity index is 2.10. The van der Waals surface area contributed by atoms with Crippen LogP contribution in [0.1, 0.15) is 32.4 Å². The molecule has 0 amide bonds. The fraction of sp³-hybridized carbons (Fsp3) is 0.800. The highest BCUT2D eigenvalue weighted by atomic mass is 16.5. The molecular formula is C15H28N4O. The molecule has 0 saturated carbocycles. The molecule has 1 aromatic rings. The number of rotatable bonds is 6. The highest BCUT2D eigenvalue weighted by molar-refractivity contribution is 5.35. The van der Waals surface area contributed by atoms with Crippen LogP contribution in [-0.2, 0) is 17.7 Å². The van der Waals surface area contributed by atoms with Crippen molar-refractivity contribution in [3.05, 3.63) is 11.9 Å². The Morgan fingerprint density at radius 1 is 1.50 bits per heavy atom. The van der Waals surface area contributed by atoms with Crippen molar-refractivity contribution < 1.29 is 4.74 Å². The average Bonchev–Trinajstić information content (AvgIpc) is 2.85. The van der Waals surface area contributed by atoms with Crippen molar-refractivity contribution in [2.24, 2.45) is 11.7 Å². The first kappa shape index (κ1) is 15.3. The Morgan fingerprint density at radius 2 is 2.30 bits per heavy atom. The summed E-state index contributed by atoms with van der Waals surface area (Å²) in [5.74, 6) is 1.63. The van der Waals surface area contributed by atoms with Crippen molar-refractivity contribution in [2.75, 3.05) is 31.7 Å². The van der Waals surface area contributed by atoms with Crippen LogP contribution in [0, 0.1) is 5.92 Å². The molecule has 2 N–H and O–H groups in total. The molecule has 1 aliphatic rings. The lowest BCUT2D eigenvalue weighted by molar-refractivity contribution is 0.190. The standard InChI is InChI=1S/C15H28N4O/c1-4-13-11-18(7-5-9-20-3)15(17-13)19-8-6-14(16)12(2)10-19/h11-12,14H,4-10,16H2,1-3H3. The lowest BCUT2D eigenvalue weighted by Gasteiger charge is -2.35. The van der Waals surface area contributed by atoms with Gasteiger partial charge in [0, 0.05) is 45.6 Å². The van der Waals surface area contributed by atoms with Gasteiger partial charge in [0.2, 0.25) is 5.95 Å². The van der Waals surface area contributed by atoms with Crippen LogP contribution in [-0.4, -0.2) is 42.4 Å². The van der Waals surface area contributed by atoms with Crippen LogP contribution >= 0.6 is 0 Å². The van der Waals surface area contributed by atoms with Crippen LogP contribution < -0.4 is 10.6 Å². The van der Waals surface area contributed by atoms with Gasteiger partial charge in [-0.2, -0.15) is 0 Å². The first-order chi connectivity index (χ1) is 9.65.